The highest BCUT2D eigenvalue weighted by Crippen LogP contribution is 2.29. The number of nitrogen functional groups attached to an aromatic ring is 1. The first-order valence-corrected chi connectivity index (χ1v) is 9.83. The Kier molecular flexibility index (Phi) is 4.50. The van der Waals surface area contributed by atoms with Crippen LogP contribution in [0.15, 0.2) is 41.1 Å². The van der Waals surface area contributed by atoms with E-state index in [1.54, 1.807) is 10.7 Å². The van der Waals surface area contributed by atoms with Crippen LogP contribution in [0.25, 0.3) is 27.9 Å². The van der Waals surface area contributed by atoms with Gasteiger partial charge in [0.15, 0.2) is 17.0 Å². The molecule has 156 valence electrons. The van der Waals surface area contributed by atoms with Crippen molar-refractivity contribution >= 4 is 28.3 Å². The first-order chi connectivity index (χ1) is 14.5. The average Bonchev–Trinajstić information content (AvgIpc) is 3.32. The Hall–Kier alpha value is -3.27. The molecule has 0 unspecified atom stereocenters. The van der Waals surface area contributed by atoms with Crippen LogP contribution in [0.4, 0.5) is 20.4 Å². The molecule has 1 saturated heterocycles. The van der Waals surface area contributed by atoms with E-state index in [1.165, 1.54) is 0 Å². The summed E-state index contributed by atoms with van der Waals surface area (Å²) in [6.45, 7) is 2.15. The highest BCUT2D eigenvalue weighted by Gasteiger charge is 2.33. The third-order valence-electron chi connectivity index (χ3n) is 5.48. The first kappa shape index (κ1) is 18.7. The number of benzene rings is 1. The number of imidazole rings is 1. The number of anilines is 2. The molecule has 10 heteroatoms. The molecular formula is C20H21F2N7O. The minimum atomic E-state index is -2.52. The zero-order chi connectivity index (χ0) is 20.7. The van der Waals surface area contributed by atoms with Gasteiger partial charge in [0.1, 0.15) is 5.82 Å². The van der Waals surface area contributed by atoms with E-state index in [0.29, 0.717) is 49.0 Å². The molecule has 1 aliphatic heterocycles. The van der Waals surface area contributed by atoms with E-state index in [4.69, 9.17) is 10.3 Å². The zero-order valence-electron chi connectivity index (χ0n) is 16.2. The molecule has 1 aliphatic rings. The van der Waals surface area contributed by atoms with E-state index in [-0.39, 0.29) is 12.8 Å². The van der Waals surface area contributed by atoms with Gasteiger partial charge < -0.3 is 20.5 Å². The zero-order valence-corrected chi connectivity index (χ0v) is 16.2. The van der Waals surface area contributed by atoms with Crippen LogP contribution in [-0.2, 0) is 0 Å². The van der Waals surface area contributed by atoms with Crippen LogP contribution in [0.3, 0.4) is 0 Å². The first-order valence-electron chi connectivity index (χ1n) is 9.83. The number of hydrogen-bond donors (Lipinski definition) is 2. The summed E-state index contributed by atoms with van der Waals surface area (Å²) < 4.78 is 33.5. The van der Waals surface area contributed by atoms with Crippen LogP contribution in [0.5, 0.6) is 0 Å². The van der Waals surface area contributed by atoms with Crippen LogP contribution in [0, 0.1) is 0 Å². The lowest BCUT2D eigenvalue weighted by atomic mass is 10.1. The van der Waals surface area contributed by atoms with Crippen molar-refractivity contribution in [2.45, 2.75) is 18.8 Å². The third kappa shape index (κ3) is 3.54. The van der Waals surface area contributed by atoms with Crippen molar-refractivity contribution in [1.82, 2.24) is 24.7 Å². The molecule has 1 fully saturated rings. The molecule has 1 aromatic carbocycles. The summed E-state index contributed by atoms with van der Waals surface area (Å²) >= 11 is 0. The van der Waals surface area contributed by atoms with Gasteiger partial charge in [-0.2, -0.15) is 0 Å². The summed E-state index contributed by atoms with van der Waals surface area (Å²) in [5.74, 6) is -1.49. The van der Waals surface area contributed by atoms with Crippen LogP contribution in [-0.4, -0.2) is 56.8 Å². The second-order valence-corrected chi connectivity index (χ2v) is 7.54. The molecule has 4 aromatic rings. The number of piperidine rings is 1. The molecule has 0 saturated carbocycles. The molecule has 3 N–H and O–H groups in total. The van der Waals surface area contributed by atoms with Crippen LogP contribution in [0.2, 0.25) is 0 Å². The Morgan fingerprint density at radius 1 is 1.17 bits per heavy atom. The summed E-state index contributed by atoms with van der Waals surface area (Å²) in [5.41, 5.74) is 8.91. The van der Waals surface area contributed by atoms with Crippen molar-refractivity contribution in [3.63, 3.8) is 0 Å². The van der Waals surface area contributed by atoms with Crippen molar-refractivity contribution in [1.29, 1.82) is 0 Å². The number of nitrogens with two attached hydrogens (primary N) is 1. The fourth-order valence-electron chi connectivity index (χ4n) is 3.73. The maximum Gasteiger partial charge on any atom is 0.250 e. The van der Waals surface area contributed by atoms with Gasteiger partial charge >= 0.3 is 0 Å². The van der Waals surface area contributed by atoms with E-state index in [2.05, 4.69) is 20.6 Å². The van der Waals surface area contributed by atoms with E-state index in [1.807, 2.05) is 35.2 Å². The molecule has 8 nitrogen and oxygen atoms in total. The molecule has 0 aliphatic carbocycles. The molecular weight excluding hydrogens is 392 g/mol. The van der Waals surface area contributed by atoms with E-state index < -0.39 is 5.92 Å². The normalized spacial score (nSPS) is 17.0. The number of nitrogens with one attached hydrogen (secondary N) is 1. The Labute approximate surface area is 170 Å². The molecule has 0 radical (unpaired) electrons. The number of halogens is 2. The van der Waals surface area contributed by atoms with Crippen molar-refractivity contribution in [2.75, 3.05) is 37.2 Å². The van der Waals surface area contributed by atoms with Crippen molar-refractivity contribution in [2.24, 2.45) is 0 Å². The molecule has 0 amide bonds. The quantitative estimate of drug-likeness (QED) is 0.518. The molecule has 0 atom stereocenters. The van der Waals surface area contributed by atoms with Crippen LogP contribution < -0.4 is 11.1 Å². The van der Waals surface area contributed by atoms with Crippen LogP contribution >= 0.6 is 0 Å². The second kappa shape index (κ2) is 7.21. The number of alkyl halides is 2. The number of hydrogen-bond acceptors (Lipinski definition) is 7. The summed E-state index contributed by atoms with van der Waals surface area (Å²) in [5, 5.41) is 12.4. The Balaban J connectivity index is 1.32. The highest BCUT2D eigenvalue weighted by molar-refractivity contribution is 5.90. The number of likely N-dealkylation sites (tertiary alicyclic amines) is 1. The lowest BCUT2D eigenvalue weighted by Gasteiger charge is -2.31. The van der Waals surface area contributed by atoms with Gasteiger partial charge in [0.2, 0.25) is 0 Å². The Morgan fingerprint density at radius 2 is 2.00 bits per heavy atom. The fourth-order valence-corrected chi connectivity index (χ4v) is 3.73. The highest BCUT2D eigenvalue weighted by atomic mass is 19.3. The lowest BCUT2D eigenvalue weighted by Crippen LogP contribution is -2.41. The number of nitrogens with zero attached hydrogens (tertiary/aromatic N) is 5. The largest absolute Gasteiger partial charge is 0.380 e. The van der Waals surface area contributed by atoms with Gasteiger partial charge in [-0.1, -0.05) is 5.16 Å². The Morgan fingerprint density at radius 3 is 2.83 bits per heavy atom. The fraction of sp³-hybridized carbons (Fsp3) is 0.350. The maximum atomic E-state index is 13.3. The topological polar surface area (TPSA) is 97.5 Å². The molecule has 4 heterocycles. The van der Waals surface area contributed by atoms with E-state index in [0.717, 1.165) is 16.6 Å². The Bertz CT molecular complexity index is 1190. The predicted molar refractivity (Wildman–Crippen MR) is 110 cm³/mol. The summed E-state index contributed by atoms with van der Waals surface area (Å²) in [7, 11) is 0. The summed E-state index contributed by atoms with van der Waals surface area (Å²) in [6.07, 6.45) is 1.61. The molecule has 3 aromatic heterocycles. The summed E-state index contributed by atoms with van der Waals surface area (Å²) in [4.78, 5) is 6.46. The standard InChI is InChI=1S/C20H21F2N7O/c21-20(22)5-8-28(9-6-20)10-7-24-17-3-4-18-25-12-15(29(18)26-17)13-1-2-16-14(11-13)19(23)27-30-16/h1-4,11-12H,5-10H2,(H2,23,27)(H,24,26). The average molecular weight is 413 g/mol. The molecule has 30 heavy (non-hydrogen) atoms. The van der Waals surface area contributed by atoms with Crippen molar-refractivity contribution in [3.8, 4) is 11.3 Å². The van der Waals surface area contributed by atoms with Gasteiger partial charge in [-0.3, -0.25) is 0 Å². The third-order valence-corrected chi connectivity index (χ3v) is 5.48. The number of aromatic nitrogens is 4. The van der Waals surface area contributed by atoms with Gasteiger partial charge in [0.05, 0.1) is 17.3 Å². The molecule has 0 spiro atoms. The monoisotopic (exact) mass is 413 g/mol. The minimum absolute atomic E-state index is 0.0728. The molecule has 0 bridgehead atoms. The predicted octanol–water partition coefficient (Wildman–Crippen LogP) is 3.26. The van der Waals surface area contributed by atoms with Crippen molar-refractivity contribution in [3.05, 3.63) is 36.5 Å². The molecule has 5 rings (SSSR count). The minimum Gasteiger partial charge on any atom is -0.380 e. The van der Waals surface area contributed by atoms with Gasteiger partial charge in [0, 0.05) is 44.6 Å². The SMILES string of the molecule is Nc1noc2ccc(-c3cnc4ccc(NCCN5CCC(F)(F)CC5)nn34)cc12. The smallest absolute Gasteiger partial charge is 0.250 e. The maximum absolute atomic E-state index is 13.3. The van der Waals surface area contributed by atoms with Gasteiger partial charge in [-0.15, -0.1) is 5.10 Å². The lowest BCUT2D eigenvalue weighted by molar-refractivity contribution is -0.0543. The van der Waals surface area contributed by atoms with Gasteiger partial charge in [0.25, 0.3) is 5.92 Å². The number of rotatable bonds is 5. The number of fused-ring (bicyclic) bond motifs is 2. The van der Waals surface area contributed by atoms with E-state index in [9.17, 15) is 8.78 Å². The van der Waals surface area contributed by atoms with Gasteiger partial charge in [-0.05, 0) is 30.3 Å². The van der Waals surface area contributed by atoms with E-state index >= 15 is 0 Å². The van der Waals surface area contributed by atoms with Gasteiger partial charge in [-0.25, -0.2) is 18.3 Å². The summed E-state index contributed by atoms with van der Waals surface area (Å²) in [6, 6.07) is 9.37. The van der Waals surface area contributed by atoms with Crippen LogP contribution in [0.1, 0.15) is 12.8 Å². The van der Waals surface area contributed by atoms with Crippen molar-refractivity contribution < 1.29 is 13.3 Å². The second-order valence-electron chi connectivity index (χ2n) is 7.54.